The molecule has 1 atom stereocenters. The first-order valence-electron chi connectivity index (χ1n) is 7.12. The summed E-state index contributed by atoms with van der Waals surface area (Å²) >= 11 is 0. The van der Waals surface area contributed by atoms with E-state index in [1.54, 1.807) is 14.0 Å². The number of rotatable bonds is 6. The van der Waals surface area contributed by atoms with E-state index in [1.807, 2.05) is 24.3 Å². The highest BCUT2D eigenvalue weighted by Gasteiger charge is 2.26. The summed E-state index contributed by atoms with van der Waals surface area (Å²) in [5.41, 5.74) is 7.84. The molecule has 5 heteroatoms. The molecule has 1 aromatic carbocycles. The number of nitrogens with two attached hydrogens (primary N) is 1. The minimum absolute atomic E-state index is 0.209. The van der Waals surface area contributed by atoms with Crippen LogP contribution in [0.15, 0.2) is 24.3 Å². The van der Waals surface area contributed by atoms with Crippen molar-refractivity contribution in [1.29, 1.82) is 0 Å². The second kappa shape index (κ2) is 7.78. The Labute approximate surface area is 126 Å². The Hall–Kier alpha value is -1.88. The highest BCUT2D eigenvalue weighted by atomic mass is 16.5. The van der Waals surface area contributed by atoms with E-state index in [-0.39, 0.29) is 6.61 Å². The van der Waals surface area contributed by atoms with E-state index in [1.165, 1.54) is 10.5 Å². The Morgan fingerprint density at radius 2 is 1.81 bits per heavy atom. The number of amides is 1. The van der Waals surface area contributed by atoms with Crippen molar-refractivity contribution in [3.05, 3.63) is 35.4 Å². The summed E-state index contributed by atoms with van der Waals surface area (Å²) in [6.07, 6.45) is 0. The van der Waals surface area contributed by atoms with Crippen LogP contribution in [-0.2, 0) is 20.9 Å². The van der Waals surface area contributed by atoms with Crippen molar-refractivity contribution in [2.75, 3.05) is 13.7 Å². The molecule has 5 nitrogen and oxygen atoms in total. The Kier molecular flexibility index (Phi) is 6.37. The van der Waals surface area contributed by atoms with Crippen LogP contribution >= 0.6 is 0 Å². The number of nitrogens with zero attached hydrogens (tertiary/aromatic N) is 1. The molecule has 0 bridgehead atoms. The first-order chi connectivity index (χ1) is 9.86. The zero-order valence-electron chi connectivity index (χ0n) is 13.1. The highest BCUT2D eigenvalue weighted by molar-refractivity contribution is 6.01. The van der Waals surface area contributed by atoms with Crippen molar-refractivity contribution >= 4 is 11.9 Å². The minimum atomic E-state index is -1.26. The molecule has 0 radical (unpaired) electrons. The molecule has 0 saturated carbocycles. The molecule has 0 aliphatic carbocycles. The summed E-state index contributed by atoms with van der Waals surface area (Å²) in [7, 11) is 1.62. The van der Waals surface area contributed by atoms with E-state index < -0.39 is 17.9 Å². The van der Waals surface area contributed by atoms with Crippen molar-refractivity contribution in [1.82, 2.24) is 4.90 Å². The van der Waals surface area contributed by atoms with Gasteiger partial charge in [0.1, 0.15) is 0 Å². The largest absolute Gasteiger partial charge is 0.464 e. The molecular formula is C16H24N2O3. The fourth-order valence-electron chi connectivity index (χ4n) is 1.93. The summed E-state index contributed by atoms with van der Waals surface area (Å²) < 4.78 is 4.76. The van der Waals surface area contributed by atoms with Crippen molar-refractivity contribution < 1.29 is 14.3 Å². The SMILES string of the molecule is CCOC(=O)C(N)C(=O)N(C)Cc1ccc(C(C)C)cc1. The molecule has 1 aromatic rings. The maximum Gasteiger partial charge on any atom is 0.332 e. The average Bonchev–Trinajstić information content (AvgIpc) is 2.46. The fourth-order valence-corrected chi connectivity index (χ4v) is 1.93. The molecule has 0 fully saturated rings. The topological polar surface area (TPSA) is 72.6 Å². The highest BCUT2D eigenvalue weighted by Crippen LogP contribution is 2.15. The van der Waals surface area contributed by atoms with Crippen LogP contribution in [0.25, 0.3) is 0 Å². The van der Waals surface area contributed by atoms with E-state index >= 15 is 0 Å². The number of esters is 1. The van der Waals surface area contributed by atoms with Gasteiger partial charge in [0.25, 0.3) is 5.91 Å². The lowest BCUT2D eigenvalue weighted by molar-refractivity contribution is -0.150. The number of carbonyl (C=O) groups is 2. The van der Waals surface area contributed by atoms with Crippen molar-refractivity contribution in [3.63, 3.8) is 0 Å². The molecule has 0 spiro atoms. The number of hydrogen-bond acceptors (Lipinski definition) is 4. The van der Waals surface area contributed by atoms with E-state index in [4.69, 9.17) is 10.5 Å². The van der Waals surface area contributed by atoms with Crippen LogP contribution in [0.4, 0.5) is 0 Å². The first-order valence-corrected chi connectivity index (χ1v) is 7.12. The Bertz CT molecular complexity index is 483. The van der Waals surface area contributed by atoms with E-state index in [0.29, 0.717) is 12.5 Å². The number of likely N-dealkylation sites (N-methyl/N-ethyl adjacent to an activating group) is 1. The second-order valence-corrected chi connectivity index (χ2v) is 5.32. The Balaban J connectivity index is 2.65. The molecular weight excluding hydrogens is 268 g/mol. The second-order valence-electron chi connectivity index (χ2n) is 5.32. The molecule has 21 heavy (non-hydrogen) atoms. The van der Waals surface area contributed by atoms with Crippen molar-refractivity contribution in [2.45, 2.75) is 39.3 Å². The van der Waals surface area contributed by atoms with E-state index in [0.717, 1.165) is 5.56 Å². The third-order valence-corrected chi connectivity index (χ3v) is 3.25. The lowest BCUT2D eigenvalue weighted by Gasteiger charge is -2.20. The lowest BCUT2D eigenvalue weighted by atomic mass is 10.0. The summed E-state index contributed by atoms with van der Waals surface area (Å²) in [6, 6.07) is 6.79. The van der Waals surface area contributed by atoms with Gasteiger partial charge in [-0.05, 0) is 24.0 Å². The monoisotopic (exact) mass is 292 g/mol. The number of ether oxygens (including phenoxy) is 1. The third kappa shape index (κ3) is 4.86. The zero-order valence-corrected chi connectivity index (χ0v) is 13.1. The normalized spacial score (nSPS) is 12.1. The van der Waals surface area contributed by atoms with Crippen LogP contribution in [0, 0.1) is 0 Å². The van der Waals surface area contributed by atoms with Gasteiger partial charge >= 0.3 is 5.97 Å². The van der Waals surface area contributed by atoms with Gasteiger partial charge < -0.3 is 15.4 Å². The zero-order chi connectivity index (χ0) is 16.0. The summed E-state index contributed by atoms with van der Waals surface area (Å²) in [4.78, 5) is 24.9. The van der Waals surface area contributed by atoms with Crippen LogP contribution in [0.5, 0.6) is 0 Å². The third-order valence-electron chi connectivity index (χ3n) is 3.25. The van der Waals surface area contributed by atoms with Crippen LogP contribution in [-0.4, -0.2) is 36.5 Å². The lowest BCUT2D eigenvalue weighted by Crippen LogP contribution is -2.47. The van der Waals surface area contributed by atoms with Crippen molar-refractivity contribution in [2.24, 2.45) is 5.73 Å². The van der Waals surface area contributed by atoms with Crippen LogP contribution in [0.1, 0.15) is 37.8 Å². The predicted molar refractivity (Wildman–Crippen MR) is 81.6 cm³/mol. The van der Waals surface area contributed by atoms with E-state index in [9.17, 15) is 9.59 Å². The fraction of sp³-hybridized carbons (Fsp3) is 0.500. The molecule has 1 amide bonds. The van der Waals surface area contributed by atoms with Gasteiger partial charge in [-0.15, -0.1) is 0 Å². The molecule has 0 aromatic heterocycles. The molecule has 0 aliphatic rings. The van der Waals surface area contributed by atoms with Crippen LogP contribution in [0.3, 0.4) is 0 Å². The molecule has 0 saturated heterocycles. The quantitative estimate of drug-likeness (QED) is 0.639. The maximum atomic E-state index is 12.0. The van der Waals surface area contributed by atoms with Crippen molar-refractivity contribution in [3.8, 4) is 0 Å². The number of benzene rings is 1. The smallest absolute Gasteiger partial charge is 0.332 e. The van der Waals surface area contributed by atoms with Gasteiger partial charge in [-0.3, -0.25) is 4.79 Å². The molecule has 0 heterocycles. The van der Waals surface area contributed by atoms with Gasteiger partial charge in [-0.2, -0.15) is 0 Å². The predicted octanol–water partition coefficient (Wildman–Crippen LogP) is 1.66. The maximum absolute atomic E-state index is 12.0. The van der Waals surface area contributed by atoms with Gasteiger partial charge in [0.05, 0.1) is 6.61 Å². The van der Waals surface area contributed by atoms with Gasteiger partial charge in [0.2, 0.25) is 0 Å². The van der Waals surface area contributed by atoms with Crippen LogP contribution < -0.4 is 5.73 Å². The summed E-state index contributed by atoms with van der Waals surface area (Å²) in [6.45, 7) is 6.55. The minimum Gasteiger partial charge on any atom is -0.464 e. The van der Waals surface area contributed by atoms with Gasteiger partial charge in [0.15, 0.2) is 6.04 Å². The number of carbonyl (C=O) groups excluding carboxylic acids is 2. The van der Waals surface area contributed by atoms with Gasteiger partial charge in [-0.1, -0.05) is 38.1 Å². The first kappa shape index (κ1) is 17.2. The summed E-state index contributed by atoms with van der Waals surface area (Å²) in [5, 5.41) is 0. The molecule has 2 N–H and O–H groups in total. The molecule has 116 valence electrons. The van der Waals surface area contributed by atoms with Crippen LogP contribution in [0.2, 0.25) is 0 Å². The molecule has 1 unspecified atom stereocenters. The van der Waals surface area contributed by atoms with Gasteiger partial charge in [-0.25, -0.2) is 4.79 Å². The van der Waals surface area contributed by atoms with Gasteiger partial charge in [0, 0.05) is 13.6 Å². The molecule has 1 rings (SSSR count). The summed E-state index contributed by atoms with van der Waals surface area (Å²) in [5.74, 6) is -0.665. The molecule has 0 aliphatic heterocycles. The Morgan fingerprint density at radius 3 is 2.29 bits per heavy atom. The standard InChI is InChI=1S/C16H24N2O3/c1-5-21-16(20)14(17)15(19)18(4)10-12-6-8-13(9-7-12)11(2)3/h6-9,11,14H,5,10,17H2,1-4H3. The van der Waals surface area contributed by atoms with E-state index in [2.05, 4.69) is 13.8 Å². The average molecular weight is 292 g/mol. The Morgan fingerprint density at radius 1 is 1.24 bits per heavy atom. The number of hydrogen-bond donors (Lipinski definition) is 1.